The van der Waals surface area contributed by atoms with E-state index >= 15 is 0 Å². The van der Waals surface area contributed by atoms with Crippen LogP contribution < -0.4 is 26.9 Å². The minimum Gasteiger partial charge on any atom is -0.481 e. The van der Waals surface area contributed by atoms with Gasteiger partial charge in [-0.1, -0.05) is 48.5 Å². The molecule has 3 atom stereocenters. The van der Waals surface area contributed by atoms with Gasteiger partial charge in [-0.25, -0.2) is 0 Å². The third kappa shape index (κ3) is 5.41. The Morgan fingerprint density at radius 3 is 1.92 bits per heavy atom. The van der Waals surface area contributed by atoms with E-state index in [9.17, 15) is 29.2 Å². The first-order chi connectivity index (χ1) is 17.3. The highest BCUT2D eigenvalue weighted by Gasteiger charge is 2.41. The lowest BCUT2D eigenvalue weighted by Gasteiger charge is -2.22. The quantitative estimate of drug-likeness (QED) is 0.199. The zero-order valence-corrected chi connectivity index (χ0v) is 18.9. The maximum atomic E-state index is 13.0. The van der Waals surface area contributed by atoms with Crippen molar-refractivity contribution in [2.24, 2.45) is 0 Å². The number of nitrogens with one attached hydrogen (secondary N) is 3. The van der Waals surface area contributed by atoms with Crippen LogP contribution in [0.5, 0.6) is 0 Å². The molecule has 2 aromatic rings. The lowest BCUT2D eigenvalue weighted by molar-refractivity contribution is -0.137. The van der Waals surface area contributed by atoms with E-state index in [4.69, 9.17) is 14.4 Å². The summed E-state index contributed by atoms with van der Waals surface area (Å²) in [7, 11) is -2.59. The van der Waals surface area contributed by atoms with Crippen LogP contribution in [0.2, 0.25) is 0 Å². The van der Waals surface area contributed by atoms with Gasteiger partial charge in [0.1, 0.15) is 18.2 Å². The molecule has 0 saturated heterocycles. The summed E-state index contributed by atoms with van der Waals surface area (Å²) < 4.78 is 10.7. The third-order valence-corrected chi connectivity index (χ3v) is 5.85. The third-order valence-electron chi connectivity index (χ3n) is 5.85. The minimum absolute atomic E-state index is 0.193. The highest BCUT2D eigenvalue weighted by molar-refractivity contribution is 6.62. The Balaban J connectivity index is 1.44. The van der Waals surface area contributed by atoms with Crippen LogP contribution in [0.3, 0.4) is 0 Å². The Morgan fingerprint density at radius 1 is 0.833 bits per heavy atom. The number of fused-ring (bicyclic) bond motifs is 2. The van der Waals surface area contributed by atoms with Gasteiger partial charge in [0.25, 0.3) is 11.8 Å². The molecular formula is C22H23B2N3O9. The van der Waals surface area contributed by atoms with Gasteiger partial charge in [0.15, 0.2) is 0 Å². The lowest BCUT2D eigenvalue weighted by atomic mass is 9.79. The monoisotopic (exact) mass is 495 g/mol. The largest absolute Gasteiger partial charge is 0.492 e. The average Bonchev–Trinajstić information content (AvgIpc) is 3.38. The molecule has 0 fully saturated rings. The summed E-state index contributed by atoms with van der Waals surface area (Å²) >= 11 is 0. The normalized spacial score (nSPS) is 18.7. The van der Waals surface area contributed by atoms with Crippen LogP contribution in [0.1, 0.15) is 29.8 Å². The lowest BCUT2D eigenvalue weighted by Crippen LogP contribution is -2.54. The molecular weight excluding hydrogens is 472 g/mol. The molecule has 2 aromatic carbocycles. The SMILES string of the molecule is O=C(O)CCNC(=O)[C@H](CNC(=O)C1OB(O)c2ccccc21)NC(=O)C1OB(O)c2ccccc21. The first-order valence-corrected chi connectivity index (χ1v) is 11.2. The van der Waals surface area contributed by atoms with Crippen LogP contribution in [-0.4, -0.2) is 72.2 Å². The fourth-order valence-corrected chi connectivity index (χ4v) is 4.07. The Morgan fingerprint density at radius 2 is 1.36 bits per heavy atom. The fraction of sp³-hybridized carbons (Fsp3) is 0.273. The Labute approximate surface area is 206 Å². The van der Waals surface area contributed by atoms with Crippen molar-refractivity contribution >= 4 is 48.9 Å². The number of carboxylic acids is 1. The molecule has 0 spiro atoms. The van der Waals surface area contributed by atoms with E-state index in [0.717, 1.165) is 0 Å². The zero-order valence-electron chi connectivity index (χ0n) is 18.9. The summed E-state index contributed by atoms with van der Waals surface area (Å²) in [5.74, 6) is -3.23. The van der Waals surface area contributed by atoms with Gasteiger partial charge >= 0.3 is 20.2 Å². The highest BCUT2D eigenvalue weighted by atomic mass is 16.5. The Bertz CT molecular complexity index is 1180. The van der Waals surface area contributed by atoms with Crippen molar-refractivity contribution in [3.05, 3.63) is 59.7 Å². The van der Waals surface area contributed by atoms with Crippen LogP contribution in [-0.2, 0) is 28.5 Å². The Hall–Kier alpha value is -3.71. The summed E-state index contributed by atoms with van der Waals surface area (Å²) in [6, 6.07) is 11.9. The molecule has 12 nitrogen and oxygen atoms in total. The summed E-state index contributed by atoms with van der Waals surface area (Å²) in [6.45, 7) is -0.556. The predicted octanol–water partition coefficient (Wildman–Crippen LogP) is -2.90. The first kappa shape index (κ1) is 25.4. The number of aliphatic carboxylic acids is 1. The van der Waals surface area contributed by atoms with Gasteiger partial charge in [0.05, 0.1) is 6.42 Å². The topological polar surface area (TPSA) is 184 Å². The molecule has 0 radical (unpaired) electrons. The van der Waals surface area contributed by atoms with E-state index in [-0.39, 0.29) is 19.5 Å². The van der Waals surface area contributed by atoms with Crippen LogP contribution in [0.25, 0.3) is 0 Å². The van der Waals surface area contributed by atoms with Gasteiger partial charge in [-0.15, -0.1) is 0 Å². The van der Waals surface area contributed by atoms with Crippen molar-refractivity contribution in [2.75, 3.05) is 13.1 Å². The summed E-state index contributed by atoms with van der Waals surface area (Å²) in [6.07, 6.45) is -2.65. The molecule has 2 unspecified atom stereocenters. The van der Waals surface area contributed by atoms with Crippen molar-refractivity contribution in [1.29, 1.82) is 0 Å². The number of rotatable bonds is 9. The van der Waals surface area contributed by atoms with Gasteiger partial charge in [-0.3, -0.25) is 19.2 Å². The summed E-state index contributed by atoms with van der Waals surface area (Å²) in [5, 5.41) is 36.4. The molecule has 186 valence electrons. The zero-order chi connectivity index (χ0) is 25.8. The van der Waals surface area contributed by atoms with Crippen LogP contribution in [0.4, 0.5) is 0 Å². The summed E-state index contributed by atoms with van der Waals surface area (Å²) in [4.78, 5) is 49.3. The fourth-order valence-electron chi connectivity index (χ4n) is 4.07. The van der Waals surface area contributed by atoms with Gasteiger partial charge in [0.2, 0.25) is 5.91 Å². The van der Waals surface area contributed by atoms with Crippen molar-refractivity contribution in [3.63, 3.8) is 0 Å². The van der Waals surface area contributed by atoms with E-state index in [1.54, 1.807) is 48.5 Å². The van der Waals surface area contributed by atoms with Crippen LogP contribution in [0.15, 0.2) is 48.5 Å². The molecule has 6 N–H and O–H groups in total. The number of carbonyl (C=O) groups is 4. The molecule has 3 amide bonds. The second kappa shape index (κ2) is 10.9. The number of amides is 3. The number of hydrogen-bond donors (Lipinski definition) is 6. The summed E-state index contributed by atoms with van der Waals surface area (Å²) in [5.41, 5.74) is 1.77. The van der Waals surface area contributed by atoms with Gasteiger partial charge in [-0.05, 0) is 22.1 Å². The van der Waals surface area contributed by atoms with Crippen LogP contribution in [0, 0.1) is 0 Å². The molecule has 0 aromatic heterocycles. The smallest absolute Gasteiger partial charge is 0.481 e. The van der Waals surface area contributed by atoms with Crippen molar-refractivity contribution in [3.8, 4) is 0 Å². The number of carboxylic acid groups (broad SMARTS) is 1. The first-order valence-electron chi connectivity index (χ1n) is 11.2. The van der Waals surface area contributed by atoms with Gasteiger partial charge < -0.3 is 40.4 Å². The molecule has 4 rings (SSSR count). The number of benzene rings is 2. The second-order valence-electron chi connectivity index (χ2n) is 8.24. The van der Waals surface area contributed by atoms with Gasteiger partial charge in [-0.2, -0.15) is 0 Å². The second-order valence-corrected chi connectivity index (χ2v) is 8.24. The van der Waals surface area contributed by atoms with Crippen molar-refractivity contribution in [1.82, 2.24) is 16.0 Å². The molecule has 14 heteroatoms. The maximum Gasteiger partial charge on any atom is 0.492 e. The number of carbonyl (C=O) groups excluding carboxylic acids is 3. The standard InChI is InChI=1S/C22H23B2N3O9/c28-17(29)9-10-25-20(30)16(27-22(32)19-13-6-2-4-8-15(13)24(34)36-19)11-26-21(31)18-12-5-1-3-7-14(12)23(33)35-18/h1-8,16,18-19,33-34H,9-11H2,(H,25,30)(H,26,31)(H,27,32)(H,28,29)/t16-,18?,19?/m0/s1. The maximum absolute atomic E-state index is 13.0. The molecule has 36 heavy (non-hydrogen) atoms. The van der Waals surface area contributed by atoms with E-state index in [1.807, 2.05) is 0 Å². The Kier molecular flexibility index (Phi) is 7.69. The van der Waals surface area contributed by atoms with Gasteiger partial charge in [0, 0.05) is 13.1 Å². The van der Waals surface area contributed by atoms with E-state index in [1.165, 1.54) is 0 Å². The molecule has 2 aliphatic rings. The molecule has 0 aliphatic carbocycles. The molecule has 0 bridgehead atoms. The highest BCUT2D eigenvalue weighted by Crippen LogP contribution is 2.24. The molecule has 2 heterocycles. The number of hydrogen-bond acceptors (Lipinski definition) is 8. The molecule has 0 saturated carbocycles. The molecule has 2 aliphatic heterocycles. The van der Waals surface area contributed by atoms with E-state index < -0.39 is 56.2 Å². The van der Waals surface area contributed by atoms with E-state index in [0.29, 0.717) is 22.1 Å². The predicted molar refractivity (Wildman–Crippen MR) is 126 cm³/mol. The van der Waals surface area contributed by atoms with Crippen molar-refractivity contribution < 1.29 is 43.6 Å². The van der Waals surface area contributed by atoms with E-state index in [2.05, 4.69) is 16.0 Å². The minimum atomic E-state index is -1.31. The van der Waals surface area contributed by atoms with Crippen LogP contribution >= 0.6 is 0 Å². The van der Waals surface area contributed by atoms with Crippen molar-refractivity contribution in [2.45, 2.75) is 24.7 Å². The average molecular weight is 495 g/mol.